The molecule has 0 N–H and O–H groups in total. The zero-order chi connectivity index (χ0) is 14.4. The van der Waals surface area contributed by atoms with E-state index in [1.54, 1.807) is 11.3 Å². The van der Waals surface area contributed by atoms with Gasteiger partial charge in [0.25, 0.3) is 0 Å². The molecule has 0 bridgehead atoms. The molecule has 1 atom stereocenters. The summed E-state index contributed by atoms with van der Waals surface area (Å²) in [6.07, 6.45) is 7.38. The van der Waals surface area contributed by atoms with Crippen LogP contribution in [0, 0.1) is 6.92 Å². The molecule has 0 aromatic carbocycles. The van der Waals surface area contributed by atoms with Crippen LogP contribution in [-0.2, 0) is 6.54 Å². The van der Waals surface area contributed by atoms with Crippen LogP contribution in [0.2, 0.25) is 0 Å². The number of hydrogen-bond donors (Lipinski definition) is 0. The molecule has 0 aliphatic heterocycles. The van der Waals surface area contributed by atoms with Crippen molar-refractivity contribution < 1.29 is 0 Å². The van der Waals surface area contributed by atoms with Gasteiger partial charge in [-0.05, 0) is 32.0 Å². The van der Waals surface area contributed by atoms with Gasteiger partial charge >= 0.3 is 0 Å². The highest BCUT2D eigenvalue weighted by atomic mass is 32.1. The van der Waals surface area contributed by atoms with Crippen LogP contribution in [0.4, 0.5) is 0 Å². The number of pyridine rings is 1. The fourth-order valence-electron chi connectivity index (χ4n) is 2.34. The summed E-state index contributed by atoms with van der Waals surface area (Å²) in [6.45, 7) is 5.07. The van der Waals surface area contributed by atoms with Gasteiger partial charge in [0.05, 0.1) is 6.54 Å². The van der Waals surface area contributed by atoms with E-state index in [2.05, 4.69) is 40.1 Å². The number of aryl methyl sites for hydroxylation is 1. The third kappa shape index (κ3) is 4.08. The van der Waals surface area contributed by atoms with Crippen molar-refractivity contribution in [3.8, 4) is 0 Å². The van der Waals surface area contributed by atoms with Gasteiger partial charge in [0.2, 0.25) is 0 Å². The topological polar surface area (TPSA) is 41.9 Å². The molecule has 2 aromatic heterocycles. The Morgan fingerprint density at radius 1 is 1.35 bits per heavy atom. The van der Waals surface area contributed by atoms with Crippen LogP contribution in [0.25, 0.3) is 0 Å². The highest BCUT2D eigenvalue weighted by molar-refractivity contribution is 7.11. The van der Waals surface area contributed by atoms with E-state index >= 15 is 0 Å². The van der Waals surface area contributed by atoms with Crippen LogP contribution in [-0.4, -0.2) is 27.1 Å². The number of aromatic nitrogens is 3. The van der Waals surface area contributed by atoms with E-state index in [4.69, 9.17) is 0 Å². The van der Waals surface area contributed by atoms with Gasteiger partial charge in [0, 0.05) is 18.4 Å². The van der Waals surface area contributed by atoms with Gasteiger partial charge in [-0.3, -0.25) is 9.88 Å². The van der Waals surface area contributed by atoms with Crippen molar-refractivity contribution in [3.63, 3.8) is 0 Å². The normalized spacial score (nSPS) is 12.8. The van der Waals surface area contributed by atoms with E-state index in [9.17, 15) is 0 Å². The SMILES string of the molecule is CCCCC(c1cccnc1)N(C)Cc1nnc(C)s1. The molecule has 2 rings (SSSR count). The maximum atomic E-state index is 4.26. The fourth-order valence-corrected chi connectivity index (χ4v) is 3.11. The van der Waals surface area contributed by atoms with Crippen LogP contribution < -0.4 is 0 Å². The predicted molar refractivity (Wildman–Crippen MR) is 82.6 cm³/mol. The Balaban J connectivity index is 2.09. The Kier molecular flexibility index (Phi) is 5.61. The lowest BCUT2D eigenvalue weighted by Crippen LogP contribution is -2.24. The van der Waals surface area contributed by atoms with Crippen molar-refractivity contribution in [2.75, 3.05) is 7.05 Å². The molecule has 0 saturated carbocycles. The Labute approximate surface area is 124 Å². The molecule has 108 valence electrons. The summed E-state index contributed by atoms with van der Waals surface area (Å²) in [5.41, 5.74) is 1.28. The van der Waals surface area contributed by atoms with Gasteiger partial charge in [-0.1, -0.05) is 25.8 Å². The highest BCUT2D eigenvalue weighted by Gasteiger charge is 2.18. The van der Waals surface area contributed by atoms with Crippen molar-refractivity contribution in [1.29, 1.82) is 0 Å². The second-order valence-electron chi connectivity index (χ2n) is 5.07. The summed E-state index contributed by atoms with van der Waals surface area (Å²) in [4.78, 5) is 6.61. The first-order valence-corrected chi connectivity index (χ1v) is 7.91. The molecule has 0 saturated heterocycles. The molecular weight excluding hydrogens is 268 g/mol. The third-order valence-corrected chi connectivity index (χ3v) is 4.21. The maximum Gasteiger partial charge on any atom is 0.131 e. The van der Waals surface area contributed by atoms with Crippen LogP contribution in [0.1, 0.15) is 47.8 Å². The minimum absolute atomic E-state index is 0.396. The Hall–Kier alpha value is -1.33. The molecule has 4 nitrogen and oxygen atoms in total. The lowest BCUT2D eigenvalue weighted by atomic mass is 10.0. The molecular formula is C15H22N4S. The molecule has 0 radical (unpaired) electrons. The molecule has 20 heavy (non-hydrogen) atoms. The van der Waals surface area contributed by atoms with E-state index < -0.39 is 0 Å². The Morgan fingerprint density at radius 3 is 2.80 bits per heavy atom. The smallest absolute Gasteiger partial charge is 0.131 e. The minimum atomic E-state index is 0.396. The zero-order valence-electron chi connectivity index (χ0n) is 12.4. The van der Waals surface area contributed by atoms with Gasteiger partial charge in [-0.2, -0.15) is 0 Å². The van der Waals surface area contributed by atoms with Gasteiger partial charge in [0.15, 0.2) is 0 Å². The molecule has 0 spiro atoms. The van der Waals surface area contributed by atoms with E-state index in [0.29, 0.717) is 6.04 Å². The summed E-state index contributed by atoms with van der Waals surface area (Å²) in [7, 11) is 2.16. The van der Waals surface area contributed by atoms with E-state index in [1.165, 1.54) is 18.4 Å². The fraction of sp³-hybridized carbons (Fsp3) is 0.533. The van der Waals surface area contributed by atoms with Gasteiger partial charge in [-0.15, -0.1) is 21.5 Å². The average Bonchev–Trinajstić information content (AvgIpc) is 2.86. The number of nitrogens with zero attached hydrogens (tertiary/aromatic N) is 4. The first kappa shape index (κ1) is 15.1. The molecule has 0 aliphatic carbocycles. The lowest BCUT2D eigenvalue weighted by Gasteiger charge is -2.27. The summed E-state index contributed by atoms with van der Waals surface area (Å²) < 4.78 is 0. The monoisotopic (exact) mass is 290 g/mol. The van der Waals surface area contributed by atoms with Crippen LogP contribution in [0.5, 0.6) is 0 Å². The van der Waals surface area contributed by atoms with E-state index in [1.807, 2.05) is 25.4 Å². The summed E-state index contributed by atoms with van der Waals surface area (Å²) in [5.74, 6) is 0. The Bertz CT molecular complexity index is 512. The molecule has 0 aliphatic rings. The van der Waals surface area contributed by atoms with Crippen molar-refractivity contribution in [1.82, 2.24) is 20.1 Å². The first-order valence-electron chi connectivity index (χ1n) is 7.10. The first-order chi connectivity index (χ1) is 9.70. The second kappa shape index (κ2) is 7.45. The quantitative estimate of drug-likeness (QED) is 0.781. The van der Waals surface area contributed by atoms with Crippen LogP contribution >= 0.6 is 11.3 Å². The van der Waals surface area contributed by atoms with Gasteiger partial charge < -0.3 is 0 Å². The minimum Gasteiger partial charge on any atom is -0.293 e. The van der Waals surface area contributed by atoms with Crippen molar-refractivity contribution in [3.05, 3.63) is 40.1 Å². The lowest BCUT2D eigenvalue weighted by molar-refractivity contribution is 0.220. The number of unbranched alkanes of at least 4 members (excludes halogenated alkanes) is 1. The zero-order valence-corrected chi connectivity index (χ0v) is 13.2. The molecule has 5 heteroatoms. The van der Waals surface area contributed by atoms with E-state index in [-0.39, 0.29) is 0 Å². The van der Waals surface area contributed by atoms with Gasteiger partial charge in [0.1, 0.15) is 10.0 Å². The highest BCUT2D eigenvalue weighted by Crippen LogP contribution is 2.26. The molecule has 2 heterocycles. The summed E-state index contributed by atoms with van der Waals surface area (Å²) >= 11 is 1.67. The van der Waals surface area contributed by atoms with Crippen LogP contribution in [0.15, 0.2) is 24.5 Å². The molecule has 0 fully saturated rings. The standard InChI is InChI=1S/C15H22N4S/c1-4-5-8-14(13-7-6-9-16-10-13)19(3)11-15-18-17-12(2)20-15/h6-7,9-10,14H,4-5,8,11H2,1-3H3. The van der Waals surface area contributed by atoms with Crippen molar-refractivity contribution >= 4 is 11.3 Å². The molecule has 0 amide bonds. The summed E-state index contributed by atoms with van der Waals surface area (Å²) in [6, 6.07) is 4.57. The number of hydrogen-bond acceptors (Lipinski definition) is 5. The van der Waals surface area contributed by atoms with Gasteiger partial charge in [-0.25, -0.2) is 0 Å². The van der Waals surface area contributed by atoms with Crippen LogP contribution in [0.3, 0.4) is 0 Å². The second-order valence-corrected chi connectivity index (χ2v) is 6.34. The summed E-state index contributed by atoms with van der Waals surface area (Å²) in [5, 5.41) is 10.4. The van der Waals surface area contributed by atoms with Crippen molar-refractivity contribution in [2.45, 2.75) is 45.7 Å². The Morgan fingerprint density at radius 2 is 2.20 bits per heavy atom. The van der Waals surface area contributed by atoms with E-state index in [0.717, 1.165) is 23.0 Å². The average molecular weight is 290 g/mol. The third-order valence-electron chi connectivity index (χ3n) is 3.38. The largest absolute Gasteiger partial charge is 0.293 e. The number of rotatable bonds is 7. The van der Waals surface area contributed by atoms with Crippen molar-refractivity contribution in [2.24, 2.45) is 0 Å². The predicted octanol–water partition coefficient (Wildman–Crippen LogP) is 3.60. The molecule has 1 unspecified atom stereocenters. The maximum absolute atomic E-state index is 4.26. The molecule has 2 aromatic rings.